The lowest BCUT2D eigenvalue weighted by Crippen LogP contribution is -2.68. The predicted octanol–water partition coefficient (Wildman–Crippen LogP) is 6.32. The van der Waals surface area contributed by atoms with Gasteiger partial charge in [0.05, 0.1) is 29.3 Å². The lowest BCUT2D eigenvalue weighted by molar-refractivity contribution is -0.148. The first-order valence-corrected chi connectivity index (χ1v) is 19.0. The molecular formula is C37H48INO7Si. The van der Waals surface area contributed by atoms with Gasteiger partial charge in [0.15, 0.2) is 0 Å². The van der Waals surface area contributed by atoms with Crippen molar-refractivity contribution in [1.29, 1.82) is 0 Å². The van der Waals surface area contributed by atoms with Crippen LogP contribution in [0, 0.1) is 15.4 Å². The monoisotopic (exact) mass is 773 g/mol. The standard InChI is InChI=1S/C37H48INO7Si/c1-25(34(41)43-8)33(40)26-19-20-30(38)31(21-26)45-32(27-22-39(23-27)35(42)46-36(2,3)4)24-44-47(37(5,6)7,28-15-11-9-12-16-28)29-17-13-10-14-18-29/h9-21,25,27,32-33,40H,22-24H2,1-8H3/t25-,32-,33+/m0/s1. The zero-order chi connectivity index (χ0) is 34.6. The second-order valence-corrected chi connectivity index (χ2v) is 19.7. The van der Waals surface area contributed by atoms with E-state index in [9.17, 15) is 14.7 Å². The maximum absolute atomic E-state index is 12.9. The molecule has 3 atom stereocenters. The van der Waals surface area contributed by atoms with E-state index < -0.39 is 38.0 Å². The number of likely N-dealkylation sites (tertiary alicyclic amines) is 1. The van der Waals surface area contributed by atoms with Crippen molar-refractivity contribution in [3.63, 3.8) is 0 Å². The summed E-state index contributed by atoms with van der Waals surface area (Å²) in [7, 11) is -1.58. The van der Waals surface area contributed by atoms with E-state index in [1.54, 1.807) is 24.0 Å². The second kappa shape index (κ2) is 15.1. The normalized spacial score (nSPS) is 16.1. The first kappa shape index (κ1) is 36.9. The largest absolute Gasteiger partial charge is 0.487 e. The number of hydrogen-bond donors (Lipinski definition) is 1. The van der Waals surface area contributed by atoms with E-state index >= 15 is 0 Å². The molecule has 0 saturated carbocycles. The minimum Gasteiger partial charge on any atom is -0.487 e. The van der Waals surface area contributed by atoms with E-state index in [1.807, 2.05) is 39.0 Å². The Kier molecular flexibility index (Phi) is 11.8. The van der Waals surface area contributed by atoms with Gasteiger partial charge in [-0.05, 0) is 83.4 Å². The molecule has 1 amide bonds. The average Bonchev–Trinajstić information content (AvgIpc) is 2.99. The van der Waals surface area contributed by atoms with Crippen LogP contribution in [0.5, 0.6) is 5.75 Å². The molecule has 254 valence electrons. The fraction of sp³-hybridized carbons (Fsp3) is 0.459. The van der Waals surface area contributed by atoms with Crippen molar-refractivity contribution in [2.75, 3.05) is 26.8 Å². The van der Waals surface area contributed by atoms with E-state index in [0.717, 1.165) is 13.9 Å². The molecule has 0 spiro atoms. The van der Waals surface area contributed by atoms with Crippen molar-refractivity contribution in [1.82, 2.24) is 4.90 Å². The zero-order valence-electron chi connectivity index (χ0n) is 28.7. The number of esters is 1. The number of amides is 1. The third-order valence-electron chi connectivity index (χ3n) is 8.59. The third kappa shape index (κ3) is 8.57. The summed E-state index contributed by atoms with van der Waals surface area (Å²) in [5.74, 6) is -0.701. The van der Waals surface area contributed by atoms with Crippen molar-refractivity contribution in [2.24, 2.45) is 11.8 Å². The Morgan fingerprint density at radius 3 is 1.98 bits per heavy atom. The summed E-state index contributed by atoms with van der Waals surface area (Å²) >= 11 is 2.22. The van der Waals surface area contributed by atoms with Crippen molar-refractivity contribution in [3.8, 4) is 5.75 Å². The zero-order valence-corrected chi connectivity index (χ0v) is 31.8. The van der Waals surface area contributed by atoms with Gasteiger partial charge in [-0.2, -0.15) is 0 Å². The van der Waals surface area contributed by atoms with Gasteiger partial charge in [0, 0.05) is 19.0 Å². The number of benzene rings is 3. The van der Waals surface area contributed by atoms with Crippen LogP contribution < -0.4 is 15.1 Å². The van der Waals surface area contributed by atoms with Gasteiger partial charge in [-0.1, -0.05) is 87.5 Å². The molecule has 0 bridgehead atoms. The Morgan fingerprint density at radius 2 is 1.49 bits per heavy atom. The molecule has 0 aliphatic carbocycles. The van der Waals surface area contributed by atoms with Gasteiger partial charge in [0.25, 0.3) is 8.32 Å². The maximum atomic E-state index is 12.9. The number of aliphatic hydroxyl groups is 1. The number of carbonyl (C=O) groups is 2. The fourth-order valence-electron chi connectivity index (χ4n) is 6.02. The molecule has 1 fully saturated rings. The molecule has 10 heteroatoms. The number of hydrogen-bond acceptors (Lipinski definition) is 7. The molecule has 0 unspecified atom stereocenters. The van der Waals surface area contributed by atoms with E-state index in [0.29, 0.717) is 24.4 Å². The topological polar surface area (TPSA) is 94.5 Å². The third-order valence-corrected chi connectivity index (χ3v) is 14.5. The SMILES string of the molecule is COC(=O)[C@@H](C)[C@@H](O)c1ccc(I)c(O[C@@H](CO[Si](c2ccccc2)(c2ccccc2)C(C)(C)C)C2CN(C(=O)OC(C)(C)C)C2)c1. The Bertz CT molecular complexity index is 1460. The summed E-state index contributed by atoms with van der Waals surface area (Å²) in [6.45, 7) is 15.1. The van der Waals surface area contributed by atoms with Crippen molar-refractivity contribution >= 4 is 53.3 Å². The second-order valence-electron chi connectivity index (χ2n) is 14.2. The van der Waals surface area contributed by atoms with Gasteiger partial charge in [0.1, 0.15) is 17.5 Å². The average molecular weight is 774 g/mol. The van der Waals surface area contributed by atoms with Crippen LogP contribution in [0.2, 0.25) is 5.04 Å². The van der Waals surface area contributed by atoms with Gasteiger partial charge >= 0.3 is 12.1 Å². The predicted molar refractivity (Wildman–Crippen MR) is 195 cm³/mol. The highest BCUT2D eigenvalue weighted by molar-refractivity contribution is 14.1. The number of rotatable bonds is 11. The first-order valence-electron chi connectivity index (χ1n) is 16.0. The fourth-order valence-corrected chi connectivity index (χ4v) is 11.1. The summed E-state index contributed by atoms with van der Waals surface area (Å²) in [6, 6.07) is 26.3. The van der Waals surface area contributed by atoms with Gasteiger partial charge < -0.3 is 28.6 Å². The highest BCUT2D eigenvalue weighted by Crippen LogP contribution is 2.38. The summed E-state index contributed by atoms with van der Waals surface area (Å²) in [6.07, 6.45) is -1.84. The van der Waals surface area contributed by atoms with Gasteiger partial charge in [-0.25, -0.2) is 4.79 Å². The lowest BCUT2D eigenvalue weighted by Gasteiger charge is -2.46. The number of carbonyl (C=O) groups excluding carboxylic acids is 2. The minimum atomic E-state index is -2.89. The minimum absolute atomic E-state index is 0.0286. The molecule has 1 aliphatic heterocycles. The van der Waals surface area contributed by atoms with Crippen LogP contribution in [0.25, 0.3) is 0 Å². The molecule has 1 heterocycles. The molecule has 1 saturated heterocycles. The molecule has 1 N–H and O–H groups in total. The number of methoxy groups -OCH3 is 1. The van der Waals surface area contributed by atoms with Crippen molar-refractivity contribution in [3.05, 3.63) is 88.0 Å². The van der Waals surface area contributed by atoms with Crippen LogP contribution in [0.3, 0.4) is 0 Å². The van der Waals surface area contributed by atoms with Gasteiger partial charge in [-0.3, -0.25) is 4.79 Å². The summed E-state index contributed by atoms with van der Waals surface area (Å²) < 4.78 is 25.4. The van der Waals surface area contributed by atoms with Crippen molar-refractivity contribution < 1.29 is 33.3 Å². The molecule has 3 aromatic carbocycles. The summed E-state index contributed by atoms with van der Waals surface area (Å²) in [5.41, 5.74) is -0.0441. The molecular weight excluding hydrogens is 725 g/mol. The Balaban J connectivity index is 1.70. The van der Waals surface area contributed by atoms with E-state index in [4.69, 9.17) is 18.6 Å². The quantitative estimate of drug-likeness (QED) is 0.139. The molecule has 0 aromatic heterocycles. The summed E-state index contributed by atoms with van der Waals surface area (Å²) in [4.78, 5) is 26.8. The highest BCUT2D eigenvalue weighted by Gasteiger charge is 2.51. The van der Waals surface area contributed by atoms with Crippen molar-refractivity contribution in [2.45, 2.75) is 71.3 Å². The van der Waals surface area contributed by atoms with Crippen LogP contribution in [0.15, 0.2) is 78.9 Å². The van der Waals surface area contributed by atoms with Crippen LogP contribution in [0.1, 0.15) is 60.1 Å². The molecule has 4 rings (SSSR count). The maximum Gasteiger partial charge on any atom is 0.410 e. The number of halogens is 1. The van der Waals surface area contributed by atoms with Gasteiger partial charge in [0.2, 0.25) is 0 Å². The lowest BCUT2D eigenvalue weighted by atomic mass is 9.94. The van der Waals surface area contributed by atoms with E-state index in [-0.39, 0.29) is 23.7 Å². The summed E-state index contributed by atoms with van der Waals surface area (Å²) in [5, 5.41) is 13.1. The van der Waals surface area contributed by atoms with Crippen LogP contribution in [0.4, 0.5) is 4.79 Å². The van der Waals surface area contributed by atoms with Crippen LogP contribution in [-0.2, 0) is 18.7 Å². The van der Waals surface area contributed by atoms with E-state index in [2.05, 4.69) is 91.9 Å². The van der Waals surface area contributed by atoms with Crippen LogP contribution in [-0.4, -0.2) is 68.9 Å². The van der Waals surface area contributed by atoms with E-state index in [1.165, 1.54) is 7.11 Å². The molecule has 8 nitrogen and oxygen atoms in total. The van der Waals surface area contributed by atoms with Gasteiger partial charge in [-0.15, -0.1) is 0 Å². The molecule has 1 aliphatic rings. The number of nitrogens with zero attached hydrogens (tertiary/aromatic N) is 1. The Hall–Kier alpha value is -2.93. The number of ether oxygens (including phenoxy) is 3. The van der Waals surface area contributed by atoms with Crippen LogP contribution >= 0.6 is 22.6 Å². The number of aliphatic hydroxyl groups excluding tert-OH is 1. The molecule has 0 radical (unpaired) electrons. The molecule has 47 heavy (non-hydrogen) atoms. The Morgan fingerprint density at radius 1 is 0.936 bits per heavy atom. The Labute approximate surface area is 294 Å². The smallest absolute Gasteiger partial charge is 0.410 e. The molecule has 3 aromatic rings. The highest BCUT2D eigenvalue weighted by atomic mass is 127. The first-order chi connectivity index (χ1) is 22.1.